The molecule has 1 aliphatic rings. The highest BCUT2D eigenvalue weighted by atomic mass is 16.5. The molecule has 0 aromatic rings. The Bertz CT molecular complexity index is 304. The third-order valence-corrected chi connectivity index (χ3v) is 4.50. The number of nitrogens with zero attached hydrogens (tertiary/aromatic N) is 1. The smallest absolute Gasteiger partial charge is 0.323 e. The largest absolute Gasteiger partial charge is 0.480 e. The average molecular weight is 300 g/mol. The molecule has 0 aliphatic carbocycles. The third-order valence-electron chi connectivity index (χ3n) is 4.50. The molecule has 1 atom stereocenters. The van der Waals surface area contributed by atoms with E-state index < -0.39 is 11.5 Å². The van der Waals surface area contributed by atoms with Gasteiger partial charge in [0.1, 0.15) is 5.54 Å². The first-order chi connectivity index (χ1) is 10.0. The minimum atomic E-state index is -0.787. The first-order valence-corrected chi connectivity index (χ1v) is 8.21. The van der Waals surface area contributed by atoms with Crippen molar-refractivity contribution in [2.45, 2.75) is 51.5 Å². The Morgan fingerprint density at radius 1 is 1.43 bits per heavy atom. The van der Waals surface area contributed by atoms with Crippen molar-refractivity contribution in [3.8, 4) is 0 Å². The van der Waals surface area contributed by atoms with Gasteiger partial charge < -0.3 is 20.1 Å². The van der Waals surface area contributed by atoms with Gasteiger partial charge >= 0.3 is 5.97 Å². The number of likely N-dealkylation sites (tertiary alicyclic amines) is 1. The van der Waals surface area contributed by atoms with E-state index in [1.807, 2.05) is 0 Å². The number of hydrogen-bond acceptors (Lipinski definition) is 4. The maximum Gasteiger partial charge on any atom is 0.323 e. The van der Waals surface area contributed by atoms with Gasteiger partial charge in [0.05, 0.1) is 0 Å². The molecule has 1 unspecified atom stereocenters. The van der Waals surface area contributed by atoms with Crippen molar-refractivity contribution in [2.24, 2.45) is 5.92 Å². The van der Waals surface area contributed by atoms with Crippen LogP contribution in [-0.4, -0.2) is 61.4 Å². The Kier molecular flexibility index (Phi) is 8.22. The molecule has 124 valence electrons. The van der Waals surface area contributed by atoms with Crippen molar-refractivity contribution in [3.63, 3.8) is 0 Å². The van der Waals surface area contributed by atoms with Crippen molar-refractivity contribution >= 4 is 5.97 Å². The van der Waals surface area contributed by atoms with Crippen molar-refractivity contribution in [3.05, 3.63) is 0 Å². The lowest BCUT2D eigenvalue weighted by molar-refractivity contribution is -0.144. The van der Waals surface area contributed by atoms with E-state index in [-0.39, 0.29) is 0 Å². The number of nitrogens with one attached hydrogen (secondary N) is 1. The standard InChI is InChI=1S/C16H32N2O3/c1-4-9-17-16(2,15(19)20)8-5-10-18-11-6-14(7-12-18)13-21-3/h14,17H,4-13H2,1-3H3,(H,19,20). The summed E-state index contributed by atoms with van der Waals surface area (Å²) in [4.78, 5) is 13.9. The lowest BCUT2D eigenvalue weighted by Crippen LogP contribution is -2.50. The fourth-order valence-electron chi connectivity index (χ4n) is 2.94. The SMILES string of the molecule is CCCNC(C)(CCCN1CCC(COC)CC1)C(=O)O. The van der Waals surface area contributed by atoms with E-state index in [2.05, 4.69) is 17.1 Å². The van der Waals surface area contributed by atoms with Gasteiger partial charge in [0, 0.05) is 13.7 Å². The minimum absolute atomic E-state index is 0.681. The Hall–Kier alpha value is -0.650. The van der Waals surface area contributed by atoms with Crippen LogP contribution in [-0.2, 0) is 9.53 Å². The van der Waals surface area contributed by atoms with Gasteiger partial charge in [-0.25, -0.2) is 0 Å². The third kappa shape index (κ3) is 6.32. The highest BCUT2D eigenvalue weighted by molar-refractivity contribution is 5.78. The normalized spacial score (nSPS) is 20.3. The van der Waals surface area contributed by atoms with E-state index >= 15 is 0 Å². The Morgan fingerprint density at radius 3 is 2.62 bits per heavy atom. The van der Waals surface area contributed by atoms with E-state index in [1.54, 1.807) is 14.0 Å². The molecular weight excluding hydrogens is 268 g/mol. The summed E-state index contributed by atoms with van der Waals surface area (Å²) >= 11 is 0. The number of piperidine rings is 1. The molecule has 0 aromatic heterocycles. The molecule has 0 saturated carbocycles. The highest BCUT2D eigenvalue weighted by Gasteiger charge is 2.31. The molecule has 21 heavy (non-hydrogen) atoms. The van der Waals surface area contributed by atoms with E-state index in [0.717, 1.165) is 45.6 Å². The van der Waals surface area contributed by atoms with Crippen LogP contribution in [0.4, 0.5) is 0 Å². The summed E-state index contributed by atoms with van der Waals surface area (Å²) in [7, 11) is 1.77. The van der Waals surface area contributed by atoms with Crippen molar-refractivity contribution in [1.29, 1.82) is 0 Å². The maximum absolute atomic E-state index is 11.4. The first-order valence-electron chi connectivity index (χ1n) is 8.21. The predicted molar refractivity (Wildman–Crippen MR) is 84.6 cm³/mol. The molecule has 1 aliphatic heterocycles. The zero-order chi connectivity index (χ0) is 15.7. The summed E-state index contributed by atoms with van der Waals surface area (Å²) in [5, 5.41) is 12.6. The average Bonchev–Trinajstić information content (AvgIpc) is 2.47. The van der Waals surface area contributed by atoms with Crippen molar-refractivity contribution < 1.29 is 14.6 Å². The Morgan fingerprint density at radius 2 is 2.10 bits per heavy atom. The Balaban J connectivity index is 2.27. The Labute approximate surface area is 129 Å². The topological polar surface area (TPSA) is 61.8 Å². The van der Waals surface area contributed by atoms with Gasteiger partial charge in [-0.05, 0) is 71.1 Å². The van der Waals surface area contributed by atoms with Gasteiger partial charge in [0.2, 0.25) is 0 Å². The van der Waals surface area contributed by atoms with Crippen LogP contribution in [0, 0.1) is 5.92 Å². The quantitative estimate of drug-likeness (QED) is 0.646. The molecule has 1 saturated heterocycles. The van der Waals surface area contributed by atoms with Crippen LogP contribution in [0.25, 0.3) is 0 Å². The highest BCUT2D eigenvalue weighted by Crippen LogP contribution is 2.19. The number of hydrogen-bond donors (Lipinski definition) is 2. The molecule has 0 amide bonds. The second-order valence-corrected chi connectivity index (χ2v) is 6.41. The zero-order valence-electron chi connectivity index (χ0n) is 13.9. The summed E-state index contributed by atoms with van der Waals surface area (Å²) in [6.07, 6.45) is 4.95. The summed E-state index contributed by atoms with van der Waals surface area (Å²) in [5.41, 5.74) is -0.787. The van der Waals surface area contributed by atoms with Gasteiger partial charge in [-0.15, -0.1) is 0 Å². The molecule has 0 aromatic carbocycles. The molecule has 1 rings (SSSR count). The fourth-order valence-corrected chi connectivity index (χ4v) is 2.94. The van der Waals surface area contributed by atoms with Gasteiger partial charge in [-0.3, -0.25) is 4.79 Å². The maximum atomic E-state index is 11.4. The van der Waals surface area contributed by atoms with Crippen LogP contribution >= 0.6 is 0 Å². The molecule has 5 nitrogen and oxygen atoms in total. The minimum Gasteiger partial charge on any atom is -0.480 e. The molecular formula is C16H32N2O3. The number of rotatable bonds is 10. The summed E-state index contributed by atoms with van der Waals surface area (Å²) in [5.74, 6) is -0.0449. The van der Waals surface area contributed by atoms with Gasteiger partial charge in [-0.2, -0.15) is 0 Å². The summed E-state index contributed by atoms with van der Waals surface area (Å²) in [6, 6.07) is 0. The van der Waals surface area contributed by atoms with Crippen molar-refractivity contribution in [2.75, 3.05) is 39.9 Å². The number of carboxylic acids is 1. The van der Waals surface area contributed by atoms with Crippen molar-refractivity contribution in [1.82, 2.24) is 10.2 Å². The second-order valence-electron chi connectivity index (χ2n) is 6.41. The molecule has 0 radical (unpaired) electrons. The van der Waals surface area contributed by atoms with E-state index in [4.69, 9.17) is 4.74 Å². The number of aliphatic carboxylic acids is 1. The monoisotopic (exact) mass is 300 g/mol. The lowest BCUT2D eigenvalue weighted by atomic mass is 9.94. The zero-order valence-corrected chi connectivity index (χ0v) is 13.9. The van der Waals surface area contributed by atoms with Crippen LogP contribution in [0.1, 0.15) is 46.0 Å². The van der Waals surface area contributed by atoms with Gasteiger partial charge in [-0.1, -0.05) is 6.92 Å². The molecule has 0 spiro atoms. The number of ether oxygens (including phenoxy) is 1. The molecule has 0 bridgehead atoms. The second kappa shape index (κ2) is 9.38. The summed E-state index contributed by atoms with van der Waals surface area (Å²) < 4.78 is 5.21. The van der Waals surface area contributed by atoms with Crippen LogP contribution in [0.15, 0.2) is 0 Å². The molecule has 5 heteroatoms. The first kappa shape index (κ1) is 18.4. The predicted octanol–water partition coefficient (Wildman–Crippen LogP) is 1.97. The molecule has 1 heterocycles. The van der Waals surface area contributed by atoms with E-state index in [1.165, 1.54) is 12.8 Å². The van der Waals surface area contributed by atoms with Crippen LogP contribution in [0.2, 0.25) is 0 Å². The van der Waals surface area contributed by atoms with Gasteiger partial charge in [0.15, 0.2) is 0 Å². The van der Waals surface area contributed by atoms with Gasteiger partial charge in [0.25, 0.3) is 0 Å². The lowest BCUT2D eigenvalue weighted by Gasteiger charge is -2.33. The van der Waals surface area contributed by atoms with Crippen LogP contribution < -0.4 is 5.32 Å². The number of carbonyl (C=O) groups is 1. The number of carboxylic acid groups (broad SMARTS) is 1. The molecule has 2 N–H and O–H groups in total. The van der Waals surface area contributed by atoms with E-state index in [9.17, 15) is 9.90 Å². The number of methoxy groups -OCH3 is 1. The van der Waals surface area contributed by atoms with Crippen LogP contribution in [0.5, 0.6) is 0 Å². The fraction of sp³-hybridized carbons (Fsp3) is 0.938. The van der Waals surface area contributed by atoms with E-state index in [0.29, 0.717) is 12.3 Å². The summed E-state index contributed by atoms with van der Waals surface area (Å²) in [6.45, 7) is 8.70. The van der Waals surface area contributed by atoms with Crippen LogP contribution in [0.3, 0.4) is 0 Å². The molecule has 1 fully saturated rings.